The Morgan fingerprint density at radius 3 is 2.15 bits per heavy atom. The molecule has 1 amide bonds. The fraction of sp³-hybridized carbons (Fsp3) is 0.615. The minimum Gasteiger partial charge on any atom is -0.476 e. The third-order valence-electron chi connectivity index (χ3n) is 2.09. The summed E-state index contributed by atoms with van der Waals surface area (Å²) in [6.07, 6.45) is -0.691. The maximum atomic E-state index is 11.7. The van der Waals surface area contributed by atoms with Crippen LogP contribution < -0.4 is 5.32 Å². The summed E-state index contributed by atoms with van der Waals surface area (Å²) >= 11 is 1.15. The number of nitrogens with one attached hydrogen (secondary N) is 1. The van der Waals surface area contributed by atoms with E-state index >= 15 is 0 Å². The summed E-state index contributed by atoms with van der Waals surface area (Å²) in [5.41, 5.74) is -1.10. The topological polar surface area (TPSA) is 88.5 Å². The molecule has 20 heavy (non-hydrogen) atoms. The molecule has 0 fully saturated rings. The van der Waals surface area contributed by atoms with E-state index in [1.54, 1.807) is 20.8 Å². The summed E-state index contributed by atoms with van der Waals surface area (Å²) in [4.78, 5) is 27.0. The lowest BCUT2D eigenvalue weighted by molar-refractivity contribution is 0.0636. The Bertz CT molecular complexity index is 523. The smallest absolute Gasteiger partial charge is 0.412 e. The molecule has 1 aromatic heterocycles. The van der Waals surface area contributed by atoms with Crippen LogP contribution in [0.5, 0.6) is 0 Å². The van der Waals surface area contributed by atoms with Gasteiger partial charge >= 0.3 is 12.1 Å². The van der Waals surface area contributed by atoms with Crippen molar-refractivity contribution in [1.82, 2.24) is 4.98 Å². The first kappa shape index (κ1) is 16.4. The van der Waals surface area contributed by atoms with Crippen LogP contribution in [-0.4, -0.2) is 27.8 Å². The molecule has 0 radical (unpaired) electrons. The molecule has 112 valence electrons. The van der Waals surface area contributed by atoms with Crippen molar-refractivity contribution in [2.75, 3.05) is 5.32 Å². The number of carboxylic acid groups (broad SMARTS) is 1. The molecular formula is C13H20N2O4S. The number of amides is 1. The summed E-state index contributed by atoms with van der Waals surface area (Å²) in [6, 6.07) is 0. The van der Waals surface area contributed by atoms with Crippen molar-refractivity contribution < 1.29 is 19.4 Å². The number of thiazole rings is 1. The average Bonchev–Trinajstić information content (AvgIpc) is 2.57. The molecule has 1 heterocycles. The summed E-state index contributed by atoms with van der Waals surface area (Å²) in [6.45, 7) is 11.0. The molecule has 0 saturated heterocycles. The number of nitrogens with zero attached hydrogens (tertiary/aromatic N) is 1. The van der Waals surface area contributed by atoms with Gasteiger partial charge in [-0.1, -0.05) is 32.1 Å². The van der Waals surface area contributed by atoms with Crippen LogP contribution in [0.3, 0.4) is 0 Å². The van der Waals surface area contributed by atoms with E-state index in [9.17, 15) is 9.59 Å². The lowest BCUT2D eigenvalue weighted by Gasteiger charge is -2.19. The molecule has 0 atom stereocenters. The Kier molecular flexibility index (Phi) is 4.43. The third-order valence-corrected chi connectivity index (χ3v) is 3.48. The van der Waals surface area contributed by atoms with Gasteiger partial charge in [0.1, 0.15) is 15.6 Å². The van der Waals surface area contributed by atoms with E-state index in [1.165, 1.54) is 0 Å². The number of hydrogen-bond acceptors (Lipinski definition) is 5. The Morgan fingerprint density at radius 1 is 1.20 bits per heavy atom. The van der Waals surface area contributed by atoms with Crippen LogP contribution in [0.1, 0.15) is 57.0 Å². The minimum absolute atomic E-state index is 0.161. The van der Waals surface area contributed by atoms with Gasteiger partial charge in [0, 0.05) is 5.41 Å². The number of anilines is 1. The Hall–Kier alpha value is -1.63. The molecule has 0 bridgehead atoms. The molecule has 2 N–H and O–H groups in total. The number of carbonyl (C=O) groups is 2. The number of rotatable bonds is 2. The summed E-state index contributed by atoms with van der Waals surface area (Å²) in [7, 11) is 0. The van der Waals surface area contributed by atoms with Crippen LogP contribution in [-0.2, 0) is 10.2 Å². The molecule has 0 aliphatic carbocycles. The second-order valence-corrected chi connectivity index (χ2v) is 7.38. The molecule has 0 aliphatic rings. The first-order valence-electron chi connectivity index (χ1n) is 6.15. The van der Waals surface area contributed by atoms with E-state index < -0.39 is 17.7 Å². The van der Waals surface area contributed by atoms with Gasteiger partial charge in [-0.25, -0.2) is 14.6 Å². The zero-order chi connectivity index (χ0) is 15.7. The van der Waals surface area contributed by atoms with Crippen molar-refractivity contribution in [3.63, 3.8) is 0 Å². The van der Waals surface area contributed by atoms with Crippen molar-refractivity contribution in [1.29, 1.82) is 0 Å². The third kappa shape index (κ3) is 4.48. The second kappa shape index (κ2) is 5.40. The maximum absolute atomic E-state index is 11.7. The van der Waals surface area contributed by atoms with Crippen LogP contribution in [0.25, 0.3) is 0 Å². The van der Waals surface area contributed by atoms with Gasteiger partial charge in [0.05, 0.1) is 0 Å². The molecule has 1 aromatic rings. The second-order valence-electron chi connectivity index (χ2n) is 6.38. The normalized spacial score (nSPS) is 12.1. The number of hydrogen-bond donors (Lipinski definition) is 2. The molecular weight excluding hydrogens is 280 g/mol. The molecule has 0 aliphatic heterocycles. The van der Waals surface area contributed by atoms with Crippen LogP contribution in [0, 0.1) is 0 Å². The largest absolute Gasteiger partial charge is 0.476 e. The van der Waals surface area contributed by atoms with Crippen molar-refractivity contribution in [2.24, 2.45) is 0 Å². The van der Waals surface area contributed by atoms with Gasteiger partial charge in [0.2, 0.25) is 0 Å². The van der Waals surface area contributed by atoms with Crippen molar-refractivity contribution in [3.8, 4) is 0 Å². The number of carboxylic acids is 1. The number of ether oxygens (including phenoxy) is 1. The molecule has 1 rings (SSSR count). The van der Waals surface area contributed by atoms with E-state index in [0.717, 1.165) is 11.3 Å². The van der Waals surface area contributed by atoms with Gasteiger partial charge in [-0.15, -0.1) is 0 Å². The fourth-order valence-electron chi connectivity index (χ4n) is 1.27. The van der Waals surface area contributed by atoms with Crippen molar-refractivity contribution in [2.45, 2.75) is 52.6 Å². The molecule has 6 nitrogen and oxygen atoms in total. The highest BCUT2D eigenvalue weighted by Crippen LogP contribution is 2.33. The molecule has 0 unspecified atom stereocenters. The lowest BCUT2D eigenvalue weighted by atomic mass is 9.98. The van der Waals surface area contributed by atoms with E-state index in [4.69, 9.17) is 9.84 Å². The van der Waals surface area contributed by atoms with Crippen molar-refractivity contribution in [3.05, 3.63) is 10.7 Å². The monoisotopic (exact) mass is 300 g/mol. The molecule has 7 heteroatoms. The van der Waals surface area contributed by atoms with E-state index in [1.807, 2.05) is 20.8 Å². The van der Waals surface area contributed by atoms with Crippen molar-refractivity contribution >= 4 is 28.4 Å². The zero-order valence-electron chi connectivity index (χ0n) is 12.5. The zero-order valence-corrected chi connectivity index (χ0v) is 13.3. The Labute approximate surface area is 122 Å². The van der Waals surface area contributed by atoms with Gasteiger partial charge in [-0.3, -0.25) is 5.32 Å². The van der Waals surface area contributed by atoms with E-state index in [-0.39, 0.29) is 16.1 Å². The summed E-state index contributed by atoms with van der Waals surface area (Å²) in [5, 5.41) is 12.4. The number of carbonyl (C=O) groups excluding carboxylic acids is 1. The predicted octanol–water partition coefficient (Wildman–Crippen LogP) is 3.49. The quantitative estimate of drug-likeness (QED) is 0.872. The van der Waals surface area contributed by atoms with Gasteiger partial charge in [-0.05, 0) is 20.8 Å². The highest BCUT2D eigenvalue weighted by Gasteiger charge is 2.26. The highest BCUT2D eigenvalue weighted by molar-refractivity contribution is 7.16. The van der Waals surface area contributed by atoms with Gasteiger partial charge in [-0.2, -0.15) is 0 Å². The summed E-state index contributed by atoms with van der Waals surface area (Å²) in [5.74, 6) is -1.18. The first-order valence-corrected chi connectivity index (χ1v) is 6.96. The van der Waals surface area contributed by atoms with Gasteiger partial charge in [0.15, 0.2) is 5.69 Å². The van der Waals surface area contributed by atoms with E-state index in [2.05, 4.69) is 10.3 Å². The predicted molar refractivity (Wildman–Crippen MR) is 77.6 cm³/mol. The van der Waals surface area contributed by atoms with Crippen LogP contribution in [0.15, 0.2) is 0 Å². The first-order chi connectivity index (χ1) is 8.90. The maximum Gasteiger partial charge on any atom is 0.412 e. The molecule has 0 spiro atoms. The Morgan fingerprint density at radius 2 is 1.75 bits per heavy atom. The minimum atomic E-state index is -1.18. The number of aromatic carboxylic acids is 1. The molecule has 0 aromatic carbocycles. The fourth-order valence-corrected chi connectivity index (χ4v) is 2.27. The lowest BCUT2D eigenvalue weighted by Crippen LogP contribution is -2.27. The van der Waals surface area contributed by atoms with E-state index in [0.29, 0.717) is 5.01 Å². The van der Waals surface area contributed by atoms with Gasteiger partial charge < -0.3 is 9.84 Å². The van der Waals surface area contributed by atoms with Crippen LogP contribution >= 0.6 is 11.3 Å². The standard InChI is InChI=1S/C13H20N2O4S/c1-12(2,3)10-14-7(9(16)17)8(20-10)15-11(18)19-13(4,5)6/h1-6H3,(H,15,18)(H,16,17). The SMILES string of the molecule is CC(C)(C)OC(=O)Nc1sc(C(C)(C)C)nc1C(=O)O. The average molecular weight is 300 g/mol. The number of aromatic nitrogens is 1. The van der Waals surface area contributed by atoms with Gasteiger partial charge in [0.25, 0.3) is 0 Å². The van der Waals surface area contributed by atoms with Crippen LogP contribution in [0.4, 0.5) is 9.80 Å². The van der Waals surface area contributed by atoms with Crippen LogP contribution in [0.2, 0.25) is 0 Å². The Balaban J connectivity index is 3.02. The highest BCUT2D eigenvalue weighted by atomic mass is 32.1. The summed E-state index contributed by atoms with van der Waals surface area (Å²) < 4.78 is 5.11. The molecule has 0 saturated carbocycles.